The van der Waals surface area contributed by atoms with Gasteiger partial charge in [0, 0.05) is 12.6 Å². The van der Waals surface area contributed by atoms with Crippen molar-refractivity contribution in [1.82, 2.24) is 5.32 Å². The van der Waals surface area contributed by atoms with E-state index < -0.39 is 0 Å². The van der Waals surface area contributed by atoms with Gasteiger partial charge in [-0.15, -0.1) is 0 Å². The highest BCUT2D eigenvalue weighted by Crippen LogP contribution is 2.37. The molecule has 2 heteroatoms. The molecule has 2 unspecified atom stereocenters. The van der Waals surface area contributed by atoms with Crippen LogP contribution in [0.4, 0.5) is 0 Å². The fraction of sp³-hybridized carbons (Fsp3) is 1.00. The molecule has 1 aliphatic carbocycles. The molecule has 1 rings (SSSR count). The van der Waals surface area contributed by atoms with Crippen LogP contribution in [-0.2, 0) is 4.74 Å². The summed E-state index contributed by atoms with van der Waals surface area (Å²) >= 11 is 0. The normalized spacial score (nSPS) is 22.4. The molecule has 2 atom stereocenters. The lowest BCUT2D eigenvalue weighted by atomic mass is 9.89. The molecule has 1 N–H and O–H groups in total. The summed E-state index contributed by atoms with van der Waals surface area (Å²) in [7, 11) is 0. The maximum Gasteiger partial charge on any atom is 0.0804 e. The van der Waals surface area contributed by atoms with Crippen LogP contribution in [0, 0.1) is 5.92 Å². The smallest absolute Gasteiger partial charge is 0.0804 e. The Labute approximate surface area is 94.8 Å². The van der Waals surface area contributed by atoms with Crippen LogP contribution in [0.1, 0.15) is 53.4 Å². The zero-order chi connectivity index (χ0) is 11.3. The van der Waals surface area contributed by atoms with Gasteiger partial charge < -0.3 is 10.1 Å². The van der Waals surface area contributed by atoms with E-state index >= 15 is 0 Å². The van der Waals surface area contributed by atoms with Crippen molar-refractivity contribution in [2.45, 2.75) is 65.0 Å². The Balaban J connectivity index is 2.55. The predicted molar refractivity (Wildman–Crippen MR) is 65.1 cm³/mol. The lowest BCUT2D eigenvalue weighted by Crippen LogP contribution is -2.50. The van der Waals surface area contributed by atoms with Crippen molar-refractivity contribution in [3.05, 3.63) is 0 Å². The van der Waals surface area contributed by atoms with Crippen LogP contribution in [0.25, 0.3) is 0 Å². The van der Waals surface area contributed by atoms with Gasteiger partial charge in [0.1, 0.15) is 0 Å². The predicted octanol–water partition coefficient (Wildman–Crippen LogP) is 2.97. The quantitative estimate of drug-likeness (QED) is 0.669. The topological polar surface area (TPSA) is 21.3 Å². The van der Waals surface area contributed by atoms with E-state index in [1.54, 1.807) is 0 Å². The van der Waals surface area contributed by atoms with Crippen molar-refractivity contribution in [2.75, 3.05) is 13.2 Å². The largest absolute Gasteiger partial charge is 0.374 e. The van der Waals surface area contributed by atoms with E-state index in [1.807, 2.05) is 0 Å². The molecule has 1 fully saturated rings. The molecule has 0 aromatic carbocycles. The number of ether oxygens (including phenoxy) is 1. The molecule has 0 bridgehead atoms. The molecule has 2 nitrogen and oxygen atoms in total. The number of hydrogen-bond acceptors (Lipinski definition) is 2. The third-order valence-corrected chi connectivity index (χ3v) is 3.63. The fourth-order valence-corrected chi connectivity index (χ4v) is 2.26. The first-order valence-corrected chi connectivity index (χ1v) is 6.53. The molecule has 0 radical (unpaired) electrons. The van der Waals surface area contributed by atoms with E-state index in [0.717, 1.165) is 25.5 Å². The van der Waals surface area contributed by atoms with Crippen molar-refractivity contribution in [1.29, 1.82) is 0 Å². The second kappa shape index (κ2) is 5.86. The maximum atomic E-state index is 5.96. The Morgan fingerprint density at radius 2 is 2.00 bits per heavy atom. The van der Waals surface area contributed by atoms with Crippen molar-refractivity contribution in [3.8, 4) is 0 Å². The third-order valence-electron chi connectivity index (χ3n) is 3.63. The molecule has 0 heterocycles. The first-order valence-electron chi connectivity index (χ1n) is 6.53. The lowest BCUT2D eigenvalue weighted by Gasteiger charge is -2.37. The molecule has 0 aliphatic heterocycles. The van der Waals surface area contributed by atoms with E-state index in [0.29, 0.717) is 6.04 Å². The third kappa shape index (κ3) is 3.76. The highest BCUT2D eigenvalue weighted by atomic mass is 16.5. The zero-order valence-electron chi connectivity index (χ0n) is 10.8. The summed E-state index contributed by atoms with van der Waals surface area (Å²) in [5.41, 5.74) is 0.0212. The summed E-state index contributed by atoms with van der Waals surface area (Å²) in [6.45, 7) is 10.6. The summed E-state index contributed by atoms with van der Waals surface area (Å²) < 4.78 is 5.96. The molecular formula is C13H27NO. The highest BCUT2D eigenvalue weighted by Gasteiger charge is 2.36. The summed E-state index contributed by atoms with van der Waals surface area (Å²) in [6, 6.07) is 0.528. The molecule has 90 valence electrons. The van der Waals surface area contributed by atoms with Crippen LogP contribution in [0.2, 0.25) is 0 Å². The number of rotatable bonds is 8. The second-order valence-electron chi connectivity index (χ2n) is 4.89. The minimum absolute atomic E-state index is 0.0212. The molecular weight excluding hydrogens is 186 g/mol. The van der Waals surface area contributed by atoms with Gasteiger partial charge in [-0.05, 0) is 39.2 Å². The minimum atomic E-state index is 0.0212. The Kier molecular flexibility index (Phi) is 5.07. The Morgan fingerprint density at radius 1 is 1.33 bits per heavy atom. The first kappa shape index (κ1) is 13.0. The fourth-order valence-electron chi connectivity index (χ4n) is 2.26. The highest BCUT2D eigenvalue weighted by molar-refractivity contribution is 4.92. The van der Waals surface area contributed by atoms with E-state index in [1.165, 1.54) is 19.3 Å². The van der Waals surface area contributed by atoms with Gasteiger partial charge in [0.25, 0.3) is 0 Å². The molecule has 0 aromatic heterocycles. The van der Waals surface area contributed by atoms with Crippen molar-refractivity contribution in [3.63, 3.8) is 0 Å². The minimum Gasteiger partial charge on any atom is -0.374 e. The van der Waals surface area contributed by atoms with Crippen molar-refractivity contribution >= 4 is 0 Å². The molecule has 1 aliphatic rings. The lowest BCUT2D eigenvalue weighted by molar-refractivity contribution is -0.0578. The molecule has 0 amide bonds. The van der Waals surface area contributed by atoms with Gasteiger partial charge in [-0.3, -0.25) is 0 Å². The van der Waals surface area contributed by atoms with Crippen LogP contribution in [0.15, 0.2) is 0 Å². The van der Waals surface area contributed by atoms with E-state index in [2.05, 4.69) is 33.0 Å². The molecule has 0 aromatic rings. The summed E-state index contributed by atoms with van der Waals surface area (Å²) in [4.78, 5) is 0. The molecule has 0 spiro atoms. The average Bonchev–Trinajstić information content (AvgIpc) is 3.01. The Morgan fingerprint density at radius 3 is 2.40 bits per heavy atom. The second-order valence-corrected chi connectivity index (χ2v) is 4.89. The van der Waals surface area contributed by atoms with E-state index in [-0.39, 0.29) is 5.60 Å². The van der Waals surface area contributed by atoms with Gasteiger partial charge in [0.2, 0.25) is 0 Å². The summed E-state index contributed by atoms with van der Waals surface area (Å²) in [5.74, 6) is 0.959. The molecule has 15 heavy (non-hydrogen) atoms. The number of hydrogen-bond donors (Lipinski definition) is 1. The van der Waals surface area contributed by atoms with Crippen molar-refractivity contribution < 1.29 is 4.74 Å². The zero-order valence-corrected chi connectivity index (χ0v) is 10.8. The van der Waals surface area contributed by atoms with Crippen LogP contribution in [0.3, 0.4) is 0 Å². The average molecular weight is 213 g/mol. The van der Waals surface area contributed by atoms with Crippen LogP contribution in [0.5, 0.6) is 0 Å². The Bertz CT molecular complexity index is 179. The number of likely N-dealkylation sites (N-methyl/N-ethyl adjacent to an activating group) is 1. The van der Waals surface area contributed by atoms with Crippen molar-refractivity contribution in [2.24, 2.45) is 5.92 Å². The van der Waals surface area contributed by atoms with Gasteiger partial charge in [-0.2, -0.15) is 0 Å². The Hall–Kier alpha value is -0.0800. The number of nitrogens with one attached hydrogen (secondary N) is 1. The van der Waals surface area contributed by atoms with E-state index in [4.69, 9.17) is 4.74 Å². The van der Waals surface area contributed by atoms with Gasteiger partial charge in [-0.1, -0.05) is 26.7 Å². The van der Waals surface area contributed by atoms with E-state index in [9.17, 15) is 0 Å². The maximum absolute atomic E-state index is 5.96. The summed E-state index contributed by atoms with van der Waals surface area (Å²) in [6.07, 6.45) is 5.23. The van der Waals surface area contributed by atoms with Crippen LogP contribution >= 0.6 is 0 Å². The SMILES string of the molecule is CCNC(CC1CC1)C(C)(CC)OCC. The van der Waals surface area contributed by atoms with Crippen LogP contribution < -0.4 is 5.32 Å². The summed E-state index contributed by atoms with van der Waals surface area (Å²) in [5, 5.41) is 3.61. The van der Waals surface area contributed by atoms with Crippen LogP contribution in [-0.4, -0.2) is 24.8 Å². The standard InChI is InChI=1S/C13H27NO/c1-5-13(4,15-7-3)12(14-6-2)10-11-8-9-11/h11-12,14H,5-10H2,1-4H3. The monoisotopic (exact) mass is 213 g/mol. The molecule has 0 saturated heterocycles. The van der Waals surface area contributed by atoms with Gasteiger partial charge in [0.15, 0.2) is 0 Å². The first-order chi connectivity index (χ1) is 7.16. The van der Waals surface area contributed by atoms with Gasteiger partial charge in [-0.25, -0.2) is 0 Å². The van der Waals surface area contributed by atoms with Gasteiger partial charge >= 0.3 is 0 Å². The van der Waals surface area contributed by atoms with Gasteiger partial charge in [0.05, 0.1) is 5.60 Å². The molecule has 1 saturated carbocycles.